The Morgan fingerprint density at radius 1 is 0.857 bits per heavy atom. The van der Waals surface area contributed by atoms with Crippen LogP contribution in [0.1, 0.15) is 12.0 Å². The molecule has 0 aliphatic rings. The standard InChI is InChI=1S/C16H28N2O3/c1-19-12-11-18-9-4-8-17-10-7-14-5-6-15(20-2)16(13-14)21-3/h5-6,13,17-18H,4,7-12H2,1-3H3. The normalized spacial score (nSPS) is 10.6. The second kappa shape index (κ2) is 11.4. The van der Waals surface area contributed by atoms with Crippen LogP contribution < -0.4 is 20.1 Å². The SMILES string of the molecule is COCCNCCCNCCc1ccc(OC)c(OC)c1. The summed E-state index contributed by atoms with van der Waals surface area (Å²) in [5, 5.41) is 6.77. The molecule has 0 aliphatic carbocycles. The van der Waals surface area contributed by atoms with Crippen molar-refractivity contribution in [1.29, 1.82) is 0 Å². The van der Waals surface area contributed by atoms with Crippen molar-refractivity contribution in [3.63, 3.8) is 0 Å². The van der Waals surface area contributed by atoms with Gasteiger partial charge in [-0.25, -0.2) is 0 Å². The Kier molecular flexibility index (Phi) is 9.61. The van der Waals surface area contributed by atoms with Gasteiger partial charge in [-0.2, -0.15) is 0 Å². The molecule has 0 atom stereocenters. The summed E-state index contributed by atoms with van der Waals surface area (Å²) in [4.78, 5) is 0. The summed E-state index contributed by atoms with van der Waals surface area (Å²) in [5.74, 6) is 1.56. The predicted molar refractivity (Wildman–Crippen MR) is 85.5 cm³/mol. The zero-order valence-electron chi connectivity index (χ0n) is 13.4. The van der Waals surface area contributed by atoms with E-state index in [1.165, 1.54) is 5.56 Å². The quantitative estimate of drug-likeness (QED) is 0.572. The fourth-order valence-corrected chi connectivity index (χ4v) is 2.03. The Hall–Kier alpha value is -1.30. The number of nitrogens with one attached hydrogen (secondary N) is 2. The lowest BCUT2D eigenvalue weighted by atomic mass is 10.1. The highest BCUT2D eigenvalue weighted by atomic mass is 16.5. The molecule has 0 heterocycles. The van der Waals surface area contributed by atoms with E-state index in [-0.39, 0.29) is 0 Å². The van der Waals surface area contributed by atoms with Gasteiger partial charge in [0, 0.05) is 13.7 Å². The van der Waals surface area contributed by atoms with Crippen molar-refractivity contribution >= 4 is 0 Å². The molecule has 5 nitrogen and oxygen atoms in total. The average Bonchev–Trinajstić information content (AvgIpc) is 2.53. The second-order valence-electron chi connectivity index (χ2n) is 4.79. The Bertz CT molecular complexity index is 386. The molecule has 5 heteroatoms. The molecule has 1 aromatic carbocycles. The first-order valence-corrected chi connectivity index (χ1v) is 7.43. The van der Waals surface area contributed by atoms with Gasteiger partial charge in [0.1, 0.15) is 0 Å². The maximum Gasteiger partial charge on any atom is 0.160 e. The lowest BCUT2D eigenvalue weighted by Crippen LogP contribution is -2.25. The van der Waals surface area contributed by atoms with Gasteiger partial charge >= 0.3 is 0 Å². The summed E-state index contributed by atoms with van der Waals surface area (Å²) in [6.07, 6.45) is 2.10. The Morgan fingerprint density at radius 3 is 2.24 bits per heavy atom. The van der Waals surface area contributed by atoms with E-state index < -0.39 is 0 Å². The van der Waals surface area contributed by atoms with Gasteiger partial charge in [-0.1, -0.05) is 6.07 Å². The minimum Gasteiger partial charge on any atom is -0.493 e. The van der Waals surface area contributed by atoms with Crippen LogP contribution in [0.3, 0.4) is 0 Å². The molecule has 0 saturated heterocycles. The highest BCUT2D eigenvalue weighted by Crippen LogP contribution is 2.27. The van der Waals surface area contributed by atoms with Gasteiger partial charge in [0.15, 0.2) is 11.5 Å². The fraction of sp³-hybridized carbons (Fsp3) is 0.625. The van der Waals surface area contributed by atoms with Crippen LogP contribution in [0, 0.1) is 0 Å². The molecule has 1 aromatic rings. The van der Waals surface area contributed by atoms with Crippen molar-refractivity contribution in [1.82, 2.24) is 10.6 Å². The molecule has 1 rings (SSSR count). The Morgan fingerprint density at radius 2 is 1.57 bits per heavy atom. The summed E-state index contributed by atoms with van der Waals surface area (Å²) >= 11 is 0. The highest BCUT2D eigenvalue weighted by molar-refractivity contribution is 5.42. The third-order valence-electron chi connectivity index (χ3n) is 3.23. The molecule has 0 spiro atoms. The van der Waals surface area contributed by atoms with Gasteiger partial charge in [0.2, 0.25) is 0 Å². The number of ether oxygens (including phenoxy) is 3. The van der Waals surface area contributed by atoms with Crippen LogP contribution in [0.4, 0.5) is 0 Å². The minimum atomic E-state index is 0.771. The van der Waals surface area contributed by atoms with Crippen molar-refractivity contribution in [2.24, 2.45) is 0 Å². The van der Waals surface area contributed by atoms with Crippen LogP contribution >= 0.6 is 0 Å². The topological polar surface area (TPSA) is 51.8 Å². The summed E-state index contributed by atoms with van der Waals surface area (Å²) < 4.78 is 15.5. The highest BCUT2D eigenvalue weighted by Gasteiger charge is 2.04. The maximum absolute atomic E-state index is 5.30. The van der Waals surface area contributed by atoms with E-state index in [0.717, 1.165) is 57.1 Å². The third-order valence-corrected chi connectivity index (χ3v) is 3.23. The monoisotopic (exact) mass is 296 g/mol. The zero-order chi connectivity index (χ0) is 15.3. The number of methoxy groups -OCH3 is 3. The van der Waals surface area contributed by atoms with E-state index in [4.69, 9.17) is 14.2 Å². The molecule has 0 bridgehead atoms. The minimum absolute atomic E-state index is 0.771. The van der Waals surface area contributed by atoms with Crippen LogP contribution in [-0.2, 0) is 11.2 Å². The number of hydrogen-bond donors (Lipinski definition) is 2. The third kappa shape index (κ3) is 7.32. The number of benzene rings is 1. The first kappa shape index (κ1) is 17.8. The van der Waals surface area contributed by atoms with E-state index in [9.17, 15) is 0 Å². The molecular formula is C16H28N2O3. The van der Waals surface area contributed by atoms with Crippen LogP contribution in [0.2, 0.25) is 0 Å². The number of hydrogen-bond acceptors (Lipinski definition) is 5. The second-order valence-corrected chi connectivity index (χ2v) is 4.79. The van der Waals surface area contributed by atoms with Crippen molar-refractivity contribution in [3.05, 3.63) is 23.8 Å². The molecule has 2 N–H and O–H groups in total. The van der Waals surface area contributed by atoms with E-state index in [1.54, 1.807) is 21.3 Å². The van der Waals surface area contributed by atoms with E-state index >= 15 is 0 Å². The molecule has 120 valence electrons. The van der Waals surface area contributed by atoms with Crippen LogP contribution in [-0.4, -0.2) is 54.1 Å². The largest absolute Gasteiger partial charge is 0.493 e. The molecule has 0 fully saturated rings. The Labute approximate surface area is 128 Å². The molecular weight excluding hydrogens is 268 g/mol. The Balaban J connectivity index is 2.12. The van der Waals surface area contributed by atoms with Crippen molar-refractivity contribution < 1.29 is 14.2 Å². The zero-order valence-corrected chi connectivity index (χ0v) is 13.4. The first-order valence-electron chi connectivity index (χ1n) is 7.43. The molecule has 21 heavy (non-hydrogen) atoms. The lowest BCUT2D eigenvalue weighted by molar-refractivity contribution is 0.199. The molecule has 0 aliphatic heterocycles. The maximum atomic E-state index is 5.30. The molecule has 0 unspecified atom stereocenters. The smallest absolute Gasteiger partial charge is 0.160 e. The average molecular weight is 296 g/mol. The van der Waals surface area contributed by atoms with E-state index in [2.05, 4.69) is 16.7 Å². The molecule has 0 aromatic heterocycles. The summed E-state index contributed by atoms with van der Waals surface area (Å²) in [6, 6.07) is 6.07. The lowest BCUT2D eigenvalue weighted by Gasteiger charge is -2.10. The summed E-state index contributed by atoms with van der Waals surface area (Å²) in [5.41, 5.74) is 1.25. The molecule has 0 radical (unpaired) electrons. The van der Waals surface area contributed by atoms with Crippen molar-refractivity contribution in [2.45, 2.75) is 12.8 Å². The first-order chi connectivity index (χ1) is 10.3. The van der Waals surface area contributed by atoms with Crippen LogP contribution in [0.25, 0.3) is 0 Å². The van der Waals surface area contributed by atoms with Crippen molar-refractivity contribution in [2.75, 3.05) is 54.1 Å². The van der Waals surface area contributed by atoms with Gasteiger partial charge < -0.3 is 24.8 Å². The molecule has 0 saturated carbocycles. The summed E-state index contributed by atoms with van der Waals surface area (Å²) in [6.45, 7) is 4.70. The van der Waals surface area contributed by atoms with E-state index in [0.29, 0.717) is 0 Å². The van der Waals surface area contributed by atoms with Crippen LogP contribution in [0.5, 0.6) is 11.5 Å². The number of rotatable bonds is 12. The van der Waals surface area contributed by atoms with Gasteiger partial charge in [-0.15, -0.1) is 0 Å². The van der Waals surface area contributed by atoms with Gasteiger partial charge in [-0.05, 0) is 50.2 Å². The van der Waals surface area contributed by atoms with Crippen LogP contribution in [0.15, 0.2) is 18.2 Å². The van der Waals surface area contributed by atoms with Gasteiger partial charge in [0.05, 0.1) is 20.8 Å². The van der Waals surface area contributed by atoms with Crippen molar-refractivity contribution in [3.8, 4) is 11.5 Å². The van der Waals surface area contributed by atoms with Gasteiger partial charge in [0.25, 0.3) is 0 Å². The molecule has 0 amide bonds. The predicted octanol–water partition coefficient (Wildman–Crippen LogP) is 1.46. The van der Waals surface area contributed by atoms with Gasteiger partial charge in [-0.3, -0.25) is 0 Å². The van der Waals surface area contributed by atoms with E-state index in [1.807, 2.05) is 12.1 Å². The summed E-state index contributed by atoms with van der Waals surface area (Å²) in [7, 11) is 5.04. The fourth-order valence-electron chi connectivity index (χ4n) is 2.03.